The molecule has 1 saturated heterocycles. The average Bonchev–Trinajstić information content (AvgIpc) is 3.34. The number of ether oxygens (including phenoxy) is 1. The van der Waals surface area contributed by atoms with E-state index in [4.69, 9.17) is 4.74 Å². The molecule has 2 aromatic heterocycles. The number of thiophene rings is 1. The summed E-state index contributed by atoms with van der Waals surface area (Å²) < 4.78 is 34.5. The fraction of sp³-hybridized carbons (Fsp3) is 0.350. The van der Waals surface area contributed by atoms with Crippen molar-refractivity contribution in [1.29, 1.82) is 0 Å². The molecule has 5 nitrogen and oxygen atoms in total. The van der Waals surface area contributed by atoms with Crippen LogP contribution in [-0.4, -0.2) is 37.4 Å². The fourth-order valence-electron chi connectivity index (χ4n) is 3.96. The predicted molar refractivity (Wildman–Crippen MR) is 106 cm³/mol. The van der Waals surface area contributed by atoms with Crippen molar-refractivity contribution in [2.75, 3.05) is 19.7 Å². The summed E-state index contributed by atoms with van der Waals surface area (Å²) in [6.45, 7) is 1.76. The zero-order valence-electron chi connectivity index (χ0n) is 14.8. The van der Waals surface area contributed by atoms with Crippen LogP contribution in [0.15, 0.2) is 47.6 Å². The third kappa shape index (κ3) is 3.03. The molecule has 0 atom stereocenters. The van der Waals surface area contributed by atoms with Crippen LogP contribution in [0.1, 0.15) is 29.2 Å². The number of piperidine rings is 1. The van der Waals surface area contributed by atoms with Gasteiger partial charge in [-0.05, 0) is 54.7 Å². The largest absolute Gasteiger partial charge is 0.493 e. The molecule has 7 heteroatoms. The molecule has 3 aromatic rings. The highest BCUT2D eigenvalue weighted by Gasteiger charge is 2.31. The Bertz CT molecular complexity index is 1070. The average molecular weight is 401 g/mol. The number of benzene rings is 1. The van der Waals surface area contributed by atoms with Crippen LogP contribution in [-0.2, 0) is 16.4 Å². The predicted octanol–water partition coefficient (Wildman–Crippen LogP) is 3.80. The van der Waals surface area contributed by atoms with Crippen LogP contribution in [0.5, 0.6) is 5.75 Å². The quantitative estimate of drug-likeness (QED) is 0.671. The smallest absolute Gasteiger partial charge is 0.243 e. The summed E-state index contributed by atoms with van der Waals surface area (Å²) >= 11 is 1.80. The highest BCUT2D eigenvalue weighted by molar-refractivity contribution is 7.89. The second kappa shape index (κ2) is 6.58. The van der Waals surface area contributed by atoms with Crippen molar-refractivity contribution in [3.05, 3.63) is 53.2 Å². The molecule has 140 valence electrons. The lowest BCUT2D eigenvalue weighted by Crippen LogP contribution is -2.37. The highest BCUT2D eigenvalue weighted by atomic mass is 32.2. The van der Waals surface area contributed by atoms with Crippen molar-refractivity contribution in [3.8, 4) is 5.75 Å². The standard InChI is InChI=1S/C20H20N2O3S2/c23-27(24,17-1-2-18-15(11-17)6-10-25-18)22-8-4-14(5-9-22)20-12-16-13-21-7-3-19(16)26-20/h1-3,7,11-14H,4-6,8-10H2. The van der Waals surface area contributed by atoms with Gasteiger partial charge in [0.1, 0.15) is 5.75 Å². The molecule has 27 heavy (non-hydrogen) atoms. The van der Waals surface area contributed by atoms with Gasteiger partial charge in [-0.15, -0.1) is 11.3 Å². The molecule has 0 amide bonds. The molecular formula is C20H20N2O3S2. The molecule has 1 aromatic carbocycles. The maximum absolute atomic E-state index is 13.1. The van der Waals surface area contributed by atoms with Crippen molar-refractivity contribution in [2.24, 2.45) is 0 Å². The molecule has 1 fully saturated rings. The first-order valence-electron chi connectivity index (χ1n) is 9.20. The van der Waals surface area contributed by atoms with Crippen LogP contribution >= 0.6 is 11.3 Å². The molecule has 2 aliphatic rings. The van der Waals surface area contributed by atoms with Gasteiger partial charge in [-0.3, -0.25) is 4.98 Å². The number of sulfonamides is 1. The maximum atomic E-state index is 13.1. The van der Waals surface area contributed by atoms with Gasteiger partial charge in [-0.25, -0.2) is 8.42 Å². The summed E-state index contributed by atoms with van der Waals surface area (Å²) in [4.78, 5) is 5.91. The Morgan fingerprint density at radius 1 is 1.15 bits per heavy atom. The minimum Gasteiger partial charge on any atom is -0.493 e. The molecule has 5 rings (SSSR count). The first-order chi connectivity index (χ1) is 13.1. The summed E-state index contributed by atoms with van der Waals surface area (Å²) in [5.41, 5.74) is 0.991. The highest BCUT2D eigenvalue weighted by Crippen LogP contribution is 2.37. The van der Waals surface area contributed by atoms with E-state index >= 15 is 0 Å². The van der Waals surface area contributed by atoms with Gasteiger partial charge in [0.2, 0.25) is 10.0 Å². The molecule has 0 unspecified atom stereocenters. The summed E-state index contributed by atoms with van der Waals surface area (Å²) in [6.07, 6.45) is 6.20. The first kappa shape index (κ1) is 17.2. The third-order valence-corrected chi connectivity index (χ3v) is 8.66. The van der Waals surface area contributed by atoms with Gasteiger partial charge >= 0.3 is 0 Å². The number of aromatic nitrogens is 1. The van der Waals surface area contributed by atoms with Crippen LogP contribution in [0.3, 0.4) is 0 Å². The fourth-order valence-corrected chi connectivity index (χ4v) is 6.68. The van der Waals surface area contributed by atoms with Crippen molar-refractivity contribution < 1.29 is 13.2 Å². The number of pyridine rings is 1. The molecule has 2 aliphatic heterocycles. The number of rotatable bonds is 3. The van der Waals surface area contributed by atoms with E-state index < -0.39 is 10.0 Å². The van der Waals surface area contributed by atoms with E-state index in [9.17, 15) is 8.42 Å². The van der Waals surface area contributed by atoms with Gasteiger partial charge in [0.05, 0.1) is 11.5 Å². The molecule has 0 spiro atoms. The van der Waals surface area contributed by atoms with Crippen LogP contribution in [0.4, 0.5) is 0 Å². The number of nitrogens with zero attached hydrogens (tertiary/aromatic N) is 2. The molecule has 0 N–H and O–H groups in total. The first-order valence-corrected chi connectivity index (χ1v) is 11.5. The third-order valence-electron chi connectivity index (χ3n) is 5.49. The summed E-state index contributed by atoms with van der Waals surface area (Å²) in [5.74, 6) is 1.23. The van der Waals surface area contributed by atoms with Crippen molar-refractivity contribution in [2.45, 2.75) is 30.1 Å². The summed E-state index contributed by atoms with van der Waals surface area (Å²) in [6, 6.07) is 9.49. The van der Waals surface area contributed by atoms with Crippen molar-refractivity contribution in [3.63, 3.8) is 0 Å². The Morgan fingerprint density at radius 2 is 2.00 bits per heavy atom. The molecular weight excluding hydrogens is 380 g/mol. The van der Waals surface area contributed by atoms with E-state index in [2.05, 4.69) is 11.1 Å². The Morgan fingerprint density at radius 3 is 2.81 bits per heavy atom. The summed E-state index contributed by atoms with van der Waals surface area (Å²) in [5, 5.41) is 1.17. The van der Waals surface area contributed by atoms with Gasteiger partial charge in [0.15, 0.2) is 0 Å². The lowest BCUT2D eigenvalue weighted by molar-refractivity contribution is 0.321. The van der Waals surface area contributed by atoms with E-state index in [1.54, 1.807) is 33.8 Å². The summed E-state index contributed by atoms with van der Waals surface area (Å²) in [7, 11) is -3.44. The van der Waals surface area contributed by atoms with Crippen LogP contribution in [0.25, 0.3) is 10.1 Å². The van der Waals surface area contributed by atoms with E-state index in [1.807, 2.05) is 18.5 Å². The monoisotopic (exact) mass is 400 g/mol. The SMILES string of the molecule is O=S(=O)(c1ccc2c(c1)CCO2)N1CCC(c2cc3cnccc3s2)CC1. The Balaban J connectivity index is 1.33. The Hall–Kier alpha value is -1.96. The molecule has 0 bridgehead atoms. The minimum absolute atomic E-state index is 0.387. The molecule has 4 heterocycles. The Kier molecular flexibility index (Phi) is 4.18. The second-order valence-electron chi connectivity index (χ2n) is 7.11. The minimum atomic E-state index is -3.44. The van der Waals surface area contributed by atoms with Crippen LogP contribution in [0.2, 0.25) is 0 Å². The maximum Gasteiger partial charge on any atom is 0.243 e. The second-order valence-corrected chi connectivity index (χ2v) is 10.2. The van der Waals surface area contributed by atoms with Gasteiger partial charge < -0.3 is 4.74 Å². The zero-order valence-corrected chi connectivity index (χ0v) is 16.4. The topological polar surface area (TPSA) is 59.5 Å². The van der Waals surface area contributed by atoms with E-state index in [1.165, 1.54) is 15.0 Å². The van der Waals surface area contributed by atoms with Gasteiger partial charge in [-0.1, -0.05) is 0 Å². The van der Waals surface area contributed by atoms with Crippen molar-refractivity contribution >= 4 is 31.4 Å². The number of hydrogen-bond donors (Lipinski definition) is 0. The van der Waals surface area contributed by atoms with Crippen LogP contribution in [0, 0.1) is 0 Å². The lowest BCUT2D eigenvalue weighted by atomic mass is 9.96. The number of fused-ring (bicyclic) bond motifs is 2. The zero-order chi connectivity index (χ0) is 18.4. The molecule has 0 saturated carbocycles. The van der Waals surface area contributed by atoms with Gasteiger partial charge in [-0.2, -0.15) is 4.31 Å². The Labute approximate surface area is 162 Å². The molecule has 0 radical (unpaired) electrons. The van der Waals surface area contributed by atoms with Gasteiger partial charge in [0, 0.05) is 46.9 Å². The van der Waals surface area contributed by atoms with E-state index in [0.717, 1.165) is 30.6 Å². The lowest BCUT2D eigenvalue weighted by Gasteiger charge is -2.30. The van der Waals surface area contributed by atoms with Crippen LogP contribution < -0.4 is 4.74 Å². The van der Waals surface area contributed by atoms with E-state index in [0.29, 0.717) is 30.5 Å². The number of hydrogen-bond acceptors (Lipinski definition) is 5. The normalized spacial score (nSPS) is 18.5. The molecule has 0 aliphatic carbocycles. The van der Waals surface area contributed by atoms with E-state index in [-0.39, 0.29) is 0 Å². The van der Waals surface area contributed by atoms with Crippen molar-refractivity contribution in [1.82, 2.24) is 9.29 Å². The van der Waals surface area contributed by atoms with Gasteiger partial charge in [0.25, 0.3) is 0 Å².